The molecular formula is C4H10O2S. The van der Waals surface area contributed by atoms with Crippen LogP contribution in [0.2, 0.25) is 0 Å². The van der Waals surface area contributed by atoms with Crippen LogP contribution in [0.25, 0.3) is 0 Å². The summed E-state index contributed by atoms with van der Waals surface area (Å²) < 4.78 is 0. The molecule has 0 fully saturated rings. The van der Waals surface area contributed by atoms with Crippen LogP contribution in [0.5, 0.6) is 0 Å². The number of aliphatic hydroxyl groups is 2. The Morgan fingerprint density at radius 3 is 1.71 bits per heavy atom. The molecule has 0 aromatic rings. The molecule has 0 heterocycles. The second kappa shape index (κ2) is 6.27. The maximum Gasteiger partial charge on any atom is 0.0521 e. The lowest BCUT2D eigenvalue weighted by atomic mass is 11.8. The molecule has 0 saturated heterocycles. The Labute approximate surface area is 47.5 Å². The van der Waals surface area contributed by atoms with E-state index in [0.717, 1.165) is 11.5 Å². The summed E-state index contributed by atoms with van der Waals surface area (Å²) in [7, 11) is 0. The lowest BCUT2D eigenvalue weighted by Crippen LogP contribution is -1.91. The molecule has 2 nitrogen and oxygen atoms in total. The highest BCUT2D eigenvalue weighted by molar-refractivity contribution is 7.99. The normalized spacial score (nSPS) is 9.43. The monoisotopic (exact) mass is 126 g/mol. The molecule has 0 aromatic carbocycles. The van der Waals surface area contributed by atoms with Gasteiger partial charge in [-0.25, -0.2) is 0 Å². The van der Waals surface area contributed by atoms with Crippen molar-refractivity contribution in [2.75, 3.05) is 24.7 Å². The number of hydrogen-bond acceptors (Lipinski definition) is 3. The van der Waals surface area contributed by atoms with Crippen LogP contribution in [0, 0.1) is 0 Å². The Kier molecular flexibility index (Phi) is 6.51. The molecule has 0 aliphatic carbocycles. The molecule has 0 radical (unpaired) electrons. The van der Waals surface area contributed by atoms with E-state index in [1.807, 2.05) is 0 Å². The highest BCUT2D eigenvalue weighted by Gasteiger charge is 1.81. The summed E-state index contributed by atoms with van der Waals surface area (Å²) in [6.45, 7) is 0.426. The summed E-state index contributed by atoms with van der Waals surface area (Å²) in [6.07, 6.45) is 0. The van der Waals surface area contributed by atoms with Crippen molar-refractivity contribution in [3.05, 3.63) is 0 Å². The highest BCUT2D eigenvalue weighted by atomic mass is 32.2. The quantitative estimate of drug-likeness (QED) is 0.401. The molecule has 7 heavy (non-hydrogen) atoms. The molecule has 0 aliphatic rings. The lowest BCUT2D eigenvalue weighted by molar-refractivity contribution is 0.318. The minimum absolute atomic E-state index is 0.213. The Balaban J connectivity index is 2.45. The van der Waals surface area contributed by atoms with Gasteiger partial charge in [0.15, 0.2) is 0 Å². The van der Waals surface area contributed by atoms with E-state index in [-0.39, 0.29) is 13.2 Å². The van der Waals surface area contributed by atoms with Gasteiger partial charge in [-0.1, -0.05) is 0 Å². The number of rotatable bonds is 4. The largest absolute Gasteiger partial charge is 0.396 e. The molecule has 0 atom stereocenters. The van der Waals surface area contributed by atoms with E-state index in [1.165, 1.54) is 0 Å². The van der Waals surface area contributed by atoms with Gasteiger partial charge < -0.3 is 10.2 Å². The maximum absolute atomic E-state index is 8.19. The van der Waals surface area contributed by atoms with Crippen molar-refractivity contribution in [1.29, 1.82) is 0 Å². The topological polar surface area (TPSA) is 40.5 Å². The zero-order valence-electron chi connectivity index (χ0n) is 4.13. The summed E-state index contributed by atoms with van der Waals surface area (Å²) in [4.78, 5) is 0. The van der Waals surface area contributed by atoms with Crippen LogP contribution in [0.1, 0.15) is 0 Å². The molecule has 44 valence electrons. The highest BCUT2D eigenvalue weighted by Crippen LogP contribution is 1.94. The average Bonchev–Trinajstić information content (AvgIpc) is 1.69. The van der Waals surface area contributed by atoms with Crippen LogP contribution >= 0.6 is 11.8 Å². The fourth-order valence-corrected chi connectivity index (χ4v) is 0.693. The van der Waals surface area contributed by atoms with Gasteiger partial charge in [0.1, 0.15) is 0 Å². The van der Waals surface area contributed by atoms with Crippen LogP contribution in [-0.4, -0.2) is 34.9 Å². The molecule has 2 N–H and O–H groups in total. The summed E-state index contributed by atoms with van der Waals surface area (Å²) in [5, 5.41) is 16.4. The smallest absolute Gasteiger partial charge is 0.0521 e. The van der Waals surface area contributed by atoms with Crippen molar-refractivity contribution >= 4 is 11.8 Å². The maximum atomic E-state index is 8.19. The van der Waals surface area contributed by atoms with Gasteiger partial charge in [-0.2, -0.15) is 11.8 Å². The van der Waals surface area contributed by atoms with Crippen LogP contribution in [0.15, 0.2) is 0 Å². The second-order valence-corrected chi connectivity index (χ2v) is 2.28. The molecule has 0 unspecified atom stereocenters. The number of thioether (sulfide) groups is 1. The van der Waals surface area contributed by atoms with E-state index in [9.17, 15) is 0 Å². The Hall–Kier alpha value is 0.270. The first-order valence-electron chi connectivity index (χ1n) is 2.21. The van der Waals surface area contributed by atoms with Crippen molar-refractivity contribution < 1.29 is 10.2 Å². The summed E-state index contributed by atoms with van der Waals surface area (Å²) >= 11 is 1.55. The Bertz CT molecular complexity index is 28.9. The first-order chi connectivity index (χ1) is 3.41. The van der Waals surface area contributed by atoms with Crippen molar-refractivity contribution in [3.8, 4) is 0 Å². The molecule has 3 heteroatoms. The molecule has 0 saturated carbocycles. The first-order valence-corrected chi connectivity index (χ1v) is 3.36. The van der Waals surface area contributed by atoms with Crippen LogP contribution in [-0.2, 0) is 0 Å². The van der Waals surface area contributed by atoms with Crippen molar-refractivity contribution in [1.82, 2.24) is 0 Å². The van der Waals surface area contributed by atoms with E-state index in [1.54, 1.807) is 11.8 Å². The molecular weight excluding hydrogens is 116 g/mol. The Morgan fingerprint density at radius 2 is 1.43 bits per heavy atom. The SMILES string of the molecule is O[13CH2][13CH2]S[13CH2][13CH2]O. The molecule has 0 aliphatic heterocycles. The van der Waals surface area contributed by atoms with E-state index < -0.39 is 0 Å². The third-order valence-electron chi connectivity index (χ3n) is 0.471. The standard InChI is InChI=1S/C4H10O2S/c5-1-3-7-4-2-6/h5-6H,1-4H2/i1+1,2+1,3+1,4+1. The summed E-state index contributed by atoms with van der Waals surface area (Å²) in [5.41, 5.74) is 0. The minimum atomic E-state index is 0.213. The van der Waals surface area contributed by atoms with Gasteiger partial charge in [-0.15, -0.1) is 0 Å². The predicted octanol–water partition coefficient (Wildman–Crippen LogP) is -0.296. The van der Waals surface area contributed by atoms with Gasteiger partial charge in [0.05, 0.1) is 13.2 Å². The molecule has 0 amide bonds. The summed E-state index contributed by atoms with van der Waals surface area (Å²) in [5.74, 6) is 1.47. The van der Waals surface area contributed by atoms with Crippen LogP contribution in [0.4, 0.5) is 0 Å². The predicted molar refractivity (Wildman–Crippen MR) is 31.5 cm³/mol. The minimum Gasteiger partial charge on any atom is -0.396 e. The fourth-order valence-electron chi connectivity index (χ4n) is 0.231. The van der Waals surface area contributed by atoms with E-state index in [4.69, 9.17) is 10.2 Å². The zero-order chi connectivity index (χ0) is 5.54. The van der Waals surface area contributed by atoms with Gasteiger partial charge in [0, 0.05) is 11.5 Å². The fraction of sp³-hybridized carbons (Fsp3) is 1.00. The first kappa shape index (κ1) is 7.27. The van der Waals surface area contributed by atoms with Crippen molar-refractivity contribution in [3.63, 3.8) is 0 Å². The lowest BCUT2D eigenvalue weighted by Gasteiger charge is -1.90. The summed E-state index contributed by atoms with van der Waals surface area (Å²) in [6, 6.07) is 0. The van der Waals surface area contributed by atoms with E-state index in [0.29, 0.717) is 0 Å². The third-order valence-corrected chi connectivity index (χ3v) is 1.41. The number of aliphatic hydroxyl groups excluding tert-OH is 2. The Morgan fingerprint density at radius 1 is 1.00 bits per heavy atom. The van der Waals surface area contributed by atoms with Gasteiger partial charge in [0.2, 0.25) is 0 Å². The average molecular weight is 126 g/mol. The van der Waals surface area contributed by atoms with Gasteiger partial charge in [0.25, 0.3) is 0 Å². The molecule has 0 rings (SSSR count). The van der Waals surface area contributed by atoms with Gasteiger partial charge in [-0.3, -0.25) is 0 Å². The van der Waals surface area contributed by atoms with Crippen molar-refractivity contribution in [2.45, 2.75) is 0 Å². The van der Waals surface area contributed by atoms with Gasteiger partial charge in [-0.05, 0) is 0 Å². The van der Waals surface area contributed by atoms with Crippen LogP contribution in [0.3, 0.4) is 0 Å². The van der Waals surface area contributed by atoms with E-state index in [2.05, 4.69) is 0 Å². The van der Waals surface area contributed by atoms with Crippen LogP contribution < -0.4 is 0 Å². The molecule has 0 spiro atoms. The number of hydrogen-bond donors (Lipinski definition) is 2. The molecule has 0 bridgehead atoms. The molecule has 0 aromatic heterocycles. The zero-order valence-corrected chi connectivity index (χ0v) is 4.95. The van der Waals surface area contributed by atoms with E-state index >= 15 is 0 Å². The third kappa shape index (κ3) is 6.27. The van der Waals surface area contributed by atoms with Crippen molar-refractivity contribution in [2.24, 2.45) is 0 Å². The second-order valence-electron chi connectivity index (χ2n) is 1.06. The van der Waals surface area contributed by atoms with Gasteiger partial charge >= 0.3 is 0 Å².